The number of carbonyl (C=O) groups excluding carboxylic acids is 2. The molecule has 0 saturated carbocycles. The standard InChI is InChI=1S/C34H25F2N3O4S2/c1-20-3-2-4-22(17-20)18-43-27-15-9-24(10-16-27)30(40)28-29(23-7-13-26(36)14-8-23)39(32(42)31(28)41)33-37-38-34(45-33)44-19-21-5-11-25(35)12-6-21/h2-17,29,40H,18-19H2,1H3. The van der Waals surface area contributed by atoms with Gasteiger partial charge in [-0.15, -0.1) is 10.2 Å². The minimum Gasteiger partial charge on any atom is -0.507 e. The molecule has 4 aromatic carbocycles. The van der Waals surface area contributed by atoms with Crippen LogP contribution in [-0.2, 0) is 21.9 Å². The third-order valence-corrected chi connectivity index (χ3v) is 9.25. The molecule has 1 aromatic heterocycles. The van der Waals surface area contributed by atoms with Gasteiger partial charge in [-0.25, -0.2) is 8.78 Å². The Hall–Kier alpha value is -4.87. The van der Waals surface area contributed by atoms with E-state index in [0.717, 1.165) is 28.0 Å². The number of rotatable bonds is 9. The molecule has 5 aromatic rings. The van der Waals surface area contributed by atoms with Gasteiger partial charge in [0, 0.05) is 11.3 Å². The molecular formula is C34H25F2N3O4S2. The van der Waals surface area contributed by atoms with Crippen LogP contribution < -0.4 is 9.64 Å². The summed E-state index contributed by atoms with van der Waals surface area (Å²) in [5.41, 5.74) is 3.56. The molecule has 226 valence electrons. The quantitative estimate of drug-likeness (QED) is 0.0582. The number of aliphatic hydroxyl groups excluding tert-OH is 1. The minimum atomic E-state index is -1.08. The highest BCUT2D eigenvalue weighted by Gasteiger charge is 2.48. The lowest BCUT2D eigenvalue weighted by molar-refractivity contribution is -0.132. The van der Waals surface area contributed by atoms with Crippen LogP contribution in [0.5, 0.6) is 5.75 Å². The second-order valence-corrected chi connectivity index (χ2v) is 12.5. The average Bonchev–Trinajstić information content (AvgIpc) is 3.62. The smallest absolute Gasteiger partial charge is 0.301 e. The molecule has 1 saturated heterocycles. The molecule has 7 nitrogen and oxygen atoms in total. The van der Waals surface area contributed by atoms with E-state index in [2.05, 4.69) is 10.2 Å². The van der Waals surface area contributed by atoms with Crippen molar-refractivity contribution in [3.63, 3.8) is 0 Å². The number of halogens is 2. The topological polar surface area (TPSA) is 92.6 Å². The van der Waals surface area contributed by atoms with E-state index in [9.17, 15) is 23.5 Å². The molecule has 1 aliphatic heterocycles. The lowest BCUT2D eigenvalue weighted by Gasteiger charge is -2.22. The predicted molar refractivity (Wildman–Crippen MR) is 169 cm³/mol. The van der Waals surface area contributed by atoms with Crippen molar-refractivity contribution in [2.24, 2.45) is 0 Å². The highest BCUT2D eigenvalue weighted by molar-refractivity contribution is 8.00. The Labute approximate surface area is 265 Å². The fourth-order valence-corrected chi connectivity index (χ4v) is 6.73. The highest BCUT2D eigenvalue weighted by Crippen LogP contribution is 2.44. The Bertz CT molecular complexity index is 1890. The van der Waals surface area contributed by atoms with Gasteiger partial charge in [-0.2, -0.15) is 0 Å². The van der Waals surface area contributed by atoms with Crippen LogP contribution in [0.3, 0.4) is 0 Å². The maximum atomic E-state index is 13.9. The molecule has 0 bridgehead atoms. The van der Waals surface area contributed by atoms with Gasteiger partial charge in [0.25, 0.3) is 5.78 Å². The van der Waals surface area contributed by atoms with Crippen LogP contribution in [-0.4, -0.2) is 27.0 Å². The predicted octanol–water partition coefficient (Wildman–Crippen LogP) is 7.62. The first-order valence-electron chi connectivity index (χ1n) is 13.8. The fraction of sp³-hybridized carbons (Fsp3) is 0.118. The van der Waals surface area contributed by atoms with Crippen molar-refractivity contribution < 1.29 is 28.2 Å². The van der Waals surface area contributed by atoms with Gasteiger partial charge in [0.15, 0.2) is 4.34 Å². The Morgan fingerprint density at radius 3 is 2.29 bits per heavy atom. The van der Waals surface area contributed by atoms with Gasteiger partial charge in [-0.1, -0.05) is 77.2 Å². The van der Waals surface area contributed by atoms with Gasteiger partial charge in [-0.05, 0) is 72.1 Å². The molecule has 1 atom stereocenters. The fourth-order valence-electron chi connectivity index (χ4n) is 4.91. The second-order valence-electron chi connectivity index (χ2n) is 10.3. The van der Waals surface area contributed by atoms with Gasteiger partial charge in [0.1, 0.15) is 29.8 Å². The first-order valence-corrected chi connectivity index (χ1v) is 15.6. The SMILES string of the molecule is Cc1cccc(COc2ccc(C(O)=C3C(=O)C(=O)N(c4nnc(SCc5ccc(F)cc5)s4)C3c3ccc(F)cc3)cc2)c1. The largest absolute Gasteiger partial charge is 0.507 e. The number of anilines is 1. The van der Waals surface area contributed by atoms with Crippen LogP contribution in [0, 0.1) is 18.6 Å². The molecule has 11 heteroatoms. The summed E-state index contributed by atoms with van der Waals surface area (Å²) >= 11 is 2.45. The summed E-state index contributed by atoms with van der Waals surface area (Å²) < 4.78 is 33.6. The van der Waals surface area contributed by atoms with Gasteiger partial charge in [-0.3, -0.25) is 14.5 Å². The van der Waals surface area contributed by atoms with Crippen molar-refractivity contribution in [3.05, 3.63) is 142 Å². The summed E-state index contributed by atoms with van der Waals surface area (Å²) in [6.45, 7) is 2.36. The van der Waals surface area contributed by atoms with Crippen LogP contribution >= 0.6 is 23.1 Å². The number of thioether (sulfide) groups is 1. The van der Waals surface area contributed by atoms with Crippen molar-refractivity contribution >= 4 is 45.7 Å². The normalized spacial score (nSPS) is 15.9. The van der Waals surface area contributed by atoms with E-state index in [-0.39, 0.29) is 22.3 Å². The third kappa shape index (κ3) is 6.64. The minimum absolute atomic E-state index is 0.145. The van der Waals surface area contributed by atoms with E-state index < -0.39 is 23.5 Å². The molecule has 0 radical (unpaired) electrons. The summed E-state index contributed by atoms with van der Waals surface area (Å²) in [5.74, 6) is -1.96. The molecule has 0 spiro atoms. The van der Waals surface area contributed by atoms with Crippen LogP contribution in [0.25, 0.3) is 5.76 Å². The molecular weight excluding hydrogens is 617 g/mol. The average molecular weight is 642 g/mol. The molecule has 1 unspecified atom stereocenters. The third-order valence-electron chi connectivity index (χ3n) is 7.12. The van der Waals surface area contributed by atoms with E-state index in [1.165, 1.54) is 53.1 Å². The first kappa shape index (κ1) is 30.2. The number of amides is 1. The van der Waals surface area contributed by atoms with E-state index in [4.69, 9.17) is 4.74 Å². The van der Waals surface area contributed by atoms with E-state index in [1.807, 2.05) is 31.2 Å². The van der Waals surface area contributed by atoms with Crippen LogP contribution in [0.1, 0.15) is 33.9 Å². The number of benzene rings is 4. The second kappa shape index (κ2) is 13.0. The van der Waals surface area contributed by atoms with Crippen LogP contribution in [0.4, 0.5) is 13.9 Å². The summed E-state index contributed by atoms with van der Waals surface area (Å²) in [5, 5.41) is 19.9. The molecule has 2 heterocycles. The van der Waals surface area contributed by atoms with Crippen molar-refractivity contribution in [2.45, 2.75) is 29.7 Å². The lowest BCUT2D eigenvalue weighted by atomic mass is 9.95. The number of hydrogen-bond acceptors (Lipinski definition) is 8. The maximum Gasteiger partial charge on any atom is 0.301 e. The monoisotopic (exact) mass is 641 g/mol. The van der Waals surface area contributed by atoms with Gasteiger partial charge >= 0.3 is 5.91 Å². The molecule has 1 amide bonds. The van der Waals surface area contributed by atoms with Crippen molar-refractivity contribution in [1.29, 1.82) is 0 Å². The molecule has 1 N–H and O–H groups in total. The Morgan fingerprint density at radius 1 is 0.911 bits per heavy atom. The van der Waals surface area contributed by atoms with Gasteiger partial charge in [0.2, 0.25) is 5.13 Å². The lowest BCUT2D eigenvalue weighted by Crippen LogP contribution is -2.29. The number of nitrogens with zero attached hydrogens (tertiary/aromatic N) is 3. The Balaban J connectivity index is 1.29. The van der Waals surface area contributed by atoms with E-state index in [1.54, 1.807) is 36.4 Å². The number of Topliss-reactive ketones (excluding diaryl/α,β-unsaturated/α-hetero) is 1. The number of aryl methyl sites for hydroxylation is 1. The zero-order valence-corrected chi connectivity index (χ0v) is 25.4. The number of ketones is 1. The number of ether oxygens (including phenoxy) is 1. The molecule has 45 heavy (non-hydrogen) atoms. The maximum absolute atomic E-state index is 13.9. The zero-order valence-electron chi connectivity index (χ0n) is 23.8. The highest BCUT2D eigenvalue weighted by atomic mass is 32.2. The van der Waals surface area contributed by atoms with Crippen LogP contribution in [0.15, 0.2) is 107 Å². The van der Waals surface area contributed by atoms with E-state index >= 15 is 0 Å². The summed E-state index contributed by atoms with van der Waals surface area (Å²) in [7, 11) is 0. The molecule has 1 fully saturated rings. The summed E-state index contributed by atoms with van der Waals surface area (Å²) in [6.07, 6.45) is 0. The molecule has 6 rings (SSSR count). The van der Waals surface area contributed by atoms with Crippen molar-refractivity contribution in [2.75, 3.05) is 4.90 Å². The van der Waals surface area contributed by atoms with Gasteiger partial charge in [0.05, 0.1) is 11.6 Å². The van der Waals surface area contributed by atoms with Crippen molar-refractivity contribution in [1.82, 2.24) is 10.2 Å². The summed E-state index contributed by atoms with van der Waals surface area (Å²) in [6, 6.07) is 24.9. The van der Waals surface area contributed by atoms with Gasteiger partial charge < -0.3 is 9.84 Å². The number of aromatic nitrogens is 2. The van der Waals surface area contributed by atoms with Crippen LogP contribution in [0.2, 0.25) is 0 Å². The number of aliphatic hydroxyl groups is 1. The first-order chi connectivity index (χ1) is 21.8. The summed E-state index contributed by atoms with van der Waals surface area (Å²) in [4.78, 5) is 28.1. The Kier molecular flexibility index (Phi) is 8.72. The number of hydrogen-bond donors (Lipinski definition) is 1. The van der Waals surface area contributed by atoms with Crippen molar-refractivity contribution in [3.8, 4) is 5.75 Å². The molecule has 1 aliphatic rings. The zero-order chi connectivity index (χ0) is 31.5. The number of carbonyl (C=O) groups is 2. The molecule has 0 aliphatic carbocycles. The van der Waals surface area contributed by atoms with E-state index in [0.29, 0.717) is 33.6 Å². The Morgan fingerprint density at radius 2 is 1.60 bits per heavy atom.